The standard InChI is InChI=1S/C26H27NO/c1-4-6-10-19-12-14-24-22(16-19)23-17-20(13-15-25(23)27(24)5-2)26(28)21-11-8-7-9-18(21)3/h7-9,11-17H,4-6,10H2,1-3H3. The average molecular weight is 370 g/mol. The second-order valence-corrected chi connectivity index (χ2v) is 7.58. The molecule has 0 fully saturated rings. The van der Waals surface area contributed by atoms with E-state index in [-0.39, 0.29) is 5.78 Å². The highest BCUT2D eigenvalue weighted by atomic mass is 16.1. The number of rotatable bonds is 6. The number of carbonyl (C=O) groups excluding carboxylic acids is 1. The summed E-state index contributed by atoms with van der Waals surface area (Å²) in [6, 6.07) is 20.8. The monoisotopic (exact) mass is 369 g/mol. The quantitative estimate of drug-likeness (QED) is 0.347. The van der Waals surface area contributed by atoms with Crippen LogP contribution in [0.3, 0.4) is 0 Å². The Morgan fingerprint density at radius 2 is 1.61 bits per heavy atom. The van der Waals surface area contributed by atoms with E-state index in [2.05, 4.69) is 48.7 Å². The van der Waals surface area contributed by atoms with Crippen molar-refractivity contribution >= 4 is 27.6 Å². The molecule has 28 heavy (non-hydrogen) atoms. The number of nitrogens with zero attached hydrogens (tertiary/aromatic N) is 1. The van der Waals surface area contributed by atoms with E-state index >= 15 is 0 Å². The Kier molecular flexibility index (Phi) is 5.04. The lowest BCUT2D eigenvalue weighted by Gasteiger charge is -2.06. The molecule has 0 aliphatic carbocycles. The maximum atomic E-state index is 13.1. The number of aryl methyl sites for hydroxylation is 3. The first-order chi connectivity index (χ1) is 13.6. The third-order valence-electron chi connectivity index (χ3n) is 5.72. The van der Waals surface area contributed by atoms with E-state index in [1.807, 2.05) is 37.3 Å². The highest BCUT2D eigenvalue weighted by Crippen LogP contribution is 2.31. The van der Waals surface area contributed by atoms with Crippen molar-refractivity contribution in [2.45, 2.75) is 46.6 Å². The molecule has 142 valence electrons. The molecule has 0 bridgehead atoms. The second kappa shape index (κ2) is 7.63. The van der Waals surface area contributed by atoms with Gasteiger partial charge in [0.15, 0.2) is 5.78 Å². The molecule has 0 aliphatic heterocycles. The summed E-state index contributed by atoms with van der Waals surface area (Å²) in [5, 5.41) is 2.43. The van der Waals surface area contributed by atoms with Crippen LogP contribution in [0.4, 0.5) is 0 Å². The molecule has 0 spiro atoms. The Labute approximate surface area is 166 Å². The molecule has 4 rings (SSSR count). The summed E-state index contributed by atoms with van der Waals surface area (Å²) in [6.07, 6.45) is 3.51. The number of benzene rings is 3. The molecule has 4 aromatic rings. The van der Waals surface area contributed by atoms with Crippen molar-refractivity contribution in [3.63, 3.8) is 0 Å². The number of fused-ring (bicyclic) bond motifs is 3. The van der Waals surface area contributed by atoms with Gasteiger partial charge >= 0.3 is 0 Å². The van der Waals surface area contributed by atoms with Crippen LogP contribution in [0.5, 0.6) is 0 Å². The lowest BCUT2D eigenvalue weighted by atomic mass is 9.97. The van der Waals surface area contributed by atoms with Gasteiger partial charge in [-0.15, -0.1) is 0 Å². The summed E-state index contributed by atoms with van der Waals surface area (Å²) >= 11 is 0. The number of aromatic nitrogens is 1. The van der Waals surface area contributed by atoms with Crippen molar-refractivity contribution in [1.82, 2.24) is 4.57 Å². The Hall–Kier alpha value is -2.87. The van der Waals surface area contributed by atoms with Gasteiger partial charge in [0.05, 0.1) is 0 Å². The lowest BCUT2D eigenvalue weighted by Crippen LogP contribution is -2.03. The molecule has 0 saturated carbocycles. The van der Waals surface area contributed by atoms with E-state index in [1.165, 1.54) is 40.2 Å². The summed E-state index contributed by atoms with van der Waals surface area (Å²) < 4.78 is 2.34. The molecule has 1 aromatic heterocycles. The molecular weight excluding hydrogens is 342 g/mol. The molecule has 3 aromatic carbocycles. The van der Waals surface area contributed by atoms with Crippen LogP contribution in [0, 0.1) is 6.92 Å². The van der Waals surface area contributed by atoms with Crippen molar-refractivity contribution in [3.8, 4) is 0 Å². The number of carbonyl (C=O) groups is 1. The lowest BCUT2D eigenvalue weighted by molar-refractivity contribution is 0.103. The van der Waals surface area contributed by atoms with Gasteiger partial charge < -0.3 is 4.57 Å². The molecule has 1 heterocycles. The summed E-state index contributed by atoms with van der Waals surface area (Å²) in [4.78, 5) is 13.1. The van der Waals surface area contributed by atoms with E-state index in [0.29, 0.717) is 0 Å². The van der Waals surface area contributed by atoms with Crippen LogP contribution in [-0.4, -0.2) is 10.4 Å². The van der Waals surface area contributed by atoms with E-state index in [9.17, 15) is 4.79 Å². The molecule has 0 amide bonds. The fraction of sp³-hybridized carbons (Fsp3) is 0.269. The SMILES string of the molecule is CCCCc1ccc2c(c1)c1cc(C(=O)c3ccccc3C)ccc1n2CC. The number of hydrogen-bond donors (Lipinski definition) is 0. The predicted molar refractivity (Wildman–Crippen MR) is 118 cm³/mol. The molecule has 0 unspecified atom stereocenters. The topological polar surface area (TPSA) is 22.0 Å². The summed E-state index contributed by atoms with van der Waals surface area (Å²) in [5.74, 6) is 0.0968. The fourth-order valence-corrected chi connectivity index (χ4v) is 4.15. The van der Waals surface area contributed by atoms with Gasteiger partial charge in [-0.1, -0.05) is 43.7 Å². The van der Waals surface area contributed by atoms with Gasteiger partial charge in [0.2, 0.25) is 0 Å². The zero-order valence-corrected chi connectivity index (χ0v) is 17.0. The van der Waals surface area contributed by atoms with Crippen LogP contribution in [0.15, 0.2) is 60.7 Å². The molecule has 0 radical (unpaired) electrons. The second-order valence-electron chi connectivity index (χ2n) is 7.58. The van der Waals surface area contributed by atoms with Gasteiger partial charge in [-0.05, 0) is 68.1 Å². The molecule has 0 saturated heterocycles. The van der Waals surface area contributed by atoms with Crippen LogP contribution in [0.1, 0.15) is 53.7 Å². The Balaban J connectivity index is 1.88. The molecule has 2 nitrogen and oxygen atoms in total. The zero-order valence-electron chi connectivity index (χ0n) is 17.0. The number of ketones is 1. The average Bonchev–Trinajstić information content (AvgIpc) is 3.04. The Bertz CT molecular complexity index is 1170. The van der Waals surface area contributed by atoms with Gasteiger partial charge in [-0.25, -0.2) is 0 Å². The van der Waals surface area contributed by atoms with E-state index in [1.54, 1.807) is 0 Å². The summed E-state index contributed by atoms with van der Waals surface area (Å²) in [7, 11) is 0. The molecule has 0 aliphatic rings. The van der Waals surface area contributed by atoms with Crippen molar-refractivity contribution in [2.75, 3.05) is 0 Å². The van der Waals surface area contributed by atoms with Crippen molar-refractivity contribution < 1.29 is 4.79 Å². The first-order valence-corrected chi connectivity index (χ1v) is 10.3. The van der Waals surface area contributed by atoms with Crippen molar-refractivity contribution in [3.05, 3.63) is 82.9 Å². The highest BCUT2D eigenvalue weighted by molar-refractivity contribution is 6.15. The van der Waals surface area contributed by atoms with Gasteiger partial charge in [0, 0.05) is 39.5 Å². The molecular formula is C26H27NO. The van der Waals surface area contributed by atoms with E-state index in [0.717, 1.165) is 29.7 Å². The Morgan fingerprint density at radius 1 is 0.893 bits per heavy atom. The largest absolute Gasteiger partial charge is 0.341 e. The third kappa shape index (κ3) is 3.13. The maximum absolute atomic E-state index is 13.1. The first kappa shape index (κ1) is 18.5. The highest BCUT2D eigenvalue weighted by Gasteiger charge is 2.15. The van der Waals surface area contributed by atoms with Crippen LogP contribution in [0.2, 0.25) is 0 Å². The van der Waals surface area contributed by atoms with Crippen LogP contribution >= 0.6 is 0 Å². The molecule has 0 N–H and O–H groups in total. The van der Waals surface area contributed by atoms with Crippen LogP contribution < -0.4 is 0 Å². The van der Waals surface area contributed by atoms with Crippen LogP contribution in [0.25, 0.3) is 21.8 Å². The predicted octanol–water partition coefficient (Wildman–Crippen LogP) is 6.70. The smallest absolute Gasteiger partial charge is 0.193 e. The van der Waals surface area contributed by atoms with Crippen molar-refractivity contribution in [2.24, 2.45) is 0 Å². The van der Waals surface area contributed by atoms with Crippen LogP contribution in [-0.2, 0) is 13.0 Å². The fourth-order valence-electron chi connectivity index (χ4n) is 4.15. The number of unbranched alkanes of at least 4 members (excludes halogenated alkanes) is 1. The summed E-state index contributed by atoms with van der Waals surface area (Å²) in [6.45, 7) is 7.31. The van der Waals surface area contributed by atoms with Gasteiger partial charge in [-0.2, -0.15) is 0 Å². The zero-order chi connectivity index (χ0) is 19.7. The summed E-state index contributed by atoms with van der Waals surface area (Å²) in [5.41, 5.74) is 6.39. The van der Waals surface area contributed by atoms with Gasteiger partial charge in [-0.3, -0.25) is 4.79 Å². The van der Waals surface area contributed by atoms with E-state index in [4.69, 9.17) is 0 Å². The minimum absolute atomic E-state index is 0.0968. The third-order valence-corrected chi connectivity index (χ3v) is 5.72. The maximum Gasteiger partial charge on any atom is 0.193 e. The molecule has 0 atom stereocenters. The van der Waals surface area contributed by atoms with Gasteiger partial charge in [0.25, 0.3) is 0 Å². The first-order valence-electron chi connectivity index (χ1n) is 10.3. The number of hydrogen-bond acceptors (Lipinski definition) is 1. The Morgan fingerprint density at radius 3 is 2.32 bits per heavy atom. The normalized spacial score (nSPS) is 11.4. The molecule has 2 heteroatoms. The van der Waals surface area contributed by atoms with Gasteiger partial charge in [0.1, 0.15) is 0 Å². The van der Waals surface area contributed by atoms with E-state index < -0.39 is 0 Å². The van der Waals surface area contributed by atoms with Crippen molar-refractivity contribution in [1.29, 1.82) is 0 Å². The minimum atomic E-state index is 0.0968. The minimum Gasteiger partial charge on any atom is -0.341 e.